The summed E-state index contributed by atoms with van der Waals surface area (Å²) in [4.78, 5) is 0. The maximum Gasteiger partial charge on any atom is -0.0238 e. The minimum atomic E-state index is 0.936. The van der Waals surface area contributed by atoms with E-state index in [4.69, 9.17) is 0 Å². The second kappa shape index (κ2) is 2.27. The van der Waals surface area contributed by atoms with E-state index in [1.54, 1.807) is 38.5 Å². The predicted octanol–water partition coefficient (Wildman–Crippen LogP) is 3.61. The number of fused-ring (bicyclic) bond motifs is 1. The summed E-state index contributed by atoms with van der Waals surface area (Å²) in [7, 11) is 0. The standard InChI is InChI=1S/C12H20/c1-2-9-6-11(7-9)12-5-3-4-10(12)8-12/h9-11H,2-8H2,1H3. The number of hydrogen-bond donors (Lipinski definition) is 0. The molecule has 3 rings (SSSR count). The van der Waals surface area contributed by atoms with Crippen LogP contribution in [0.1, 0.15) is 51.9 Å². The Labute approximate surface area is 75.7 Å². The van der Waals surface area contributed by atoms with Gasteiger partial charge in [-0.05, 0) is 55.3 Å². The molecule has 0 radical (unpaired) electrons. The van der Waals surface area contributed by atoms with Crippen LogP contribution in [0.15, 0.2) is 0 Å². The molecule has 0 aromatic rings. The lowest BCUT2D eigenvalue weighted by atomic mass is 9.65. The molecular formula is C12H20. The van der Waals surface area contributed by atoms with Gasteiger partial charge < -0.3 is 0 Å². The first-order valence-corrected chi connectivity index (χ1v) is 5.85. The Morgan fingerprint density at radius 2 is 2.08 bits per heavy atom. The fraction of sp³-hybridized carbons (Fsp3) is 1.00. The van der Waals surface area contributed by atoms with E-state index in [1.165, 1.54) is 18.3 Å². The van der Waals surface area contributed by atoms with Crippen molar-refractivity contribution in [3.8, 4) is 0 Å². The lowest BCUT2D eigenvalue weighted by Gasteiger charge is -2.40. The van der Waals surface area contributed by atoms with Crippen LogP contribution < -0.4 is 0 Å². The van der Waals surface area contributed by atoms with Crippen molar-refractivity contribution in [1.29, 1.82) is 0 Å². The maximum atomic E-state index is 2.36. The normalized spacial score (nSPS) is 56.2. The first kappa shape index (κ1) is 7.41. The van der Waals surface area contributed by atoms with Gasteiger partial charge in [0.05, 0.1) is 0 Å². The molecule has 0 spiro atoms. The molecule has 0 aromatic heterocycles. The predicted molar refractivity (Wildman–Crippen MR) is 50.9 cm³/mol. The van der Waals surface area contributed by atoms with Gasteiger partial charge in [-0.3, -0.25) is 0 Å². The van der Waals surface area contributed by atoms with Crippen molar-refractivity contribution in [3.63, 3.8) is 0 Å². The van der Waals surface area contributed by atoms with E-state index in [0.29, 0.717) is 0 Å². The van der Waals surface area contributed by atoms with E-state index >= 15 is 0 Å². The van der Waals surface area contributed by atoms with Gasteiger partial charge in [0, 0.05) is 0 Å². The second-order valence-electron chi connectivity index (χ2n) is 5.47. The Hall–Kier alpha value is 0. The van der Waals surface area contributed by atoms with Gasteiger partial charge in [-0.25, -0.2) is 0 Å². The maximum absolute atomic E-state index is 2.36. The van der Waals surface area contributed by atoms with Crippen molar-refractivity contribution in [3.05, 3.63) is 0 Å². The molecule has 3 saturated carbocycles. The van der Waals surface area contributed by atoms with Crippen molar-refractivity contribution in [1.82, 2.24) is 0 Å². The fourth-order valence-corrected chi connectivity index (χ4v) is 4.02. The minimum absolute atomic E-state index is 0.936. The Balaban J connectivity index is 1.62. The van der Waals surface area contributed by atoms with Crippen molar-refractivity contribution in [2.24, 2.45) is 23.2 Å². The number of rotatable bonds is 2. The van der Waals surface area contributed by atoms with E-state index in [9.17, 15) is 0 Å². The van der Waals surface area contributed by atoms with Crippen LogP contribution in [0, 0.1) is 23.2 Å². The monoisotopic (exact) mass is 164 g/mol. The molecule has 3 aliphatic rings. The highest BCUT2D eigenvalue weighted by Crippen LogP contribution is 2.71. The molecule has 0 N–H and O–H groups in total. The lowest BCUT2D eigenvalue weighted by molar-refractivity contribution is 0.0995. The lowest BCUT2D eigenvalue weighted by Crippen LogP contribution is -2.30. The molecule has 3 aliphatic carbocycles. The van der Waals surface area contributed by atoms with Gasteiger partial charge >= 0.3 is 0 Å². The molecule has 3 fully saturated rings. The first-order valence-electron chi connectivity index (χ1n) is 5.85. The Kier molecular flexibility index (Phi) is 1.40. The van der Waals surface area contributed by atoms with Crippen LogP contribution in [0.5, 0.6) is 0 Å². The van der Waals surface area contributed by atoms with Gasteiger partial charge in [0.1, 0.15) is 0 Å². The molecule has 12 heavy (non-hydrogen) atoms. The third kappa shape index (κ3) is 0.791. The highest BCUT2D eigenvalue weighted by atomic mass is 14.7. The number of hydrogen-bond acceptors (Lipinski definition) is 0. The first-order chi connectivity index (χ1) is 5.85. The molecule has 0 aromatic carbocycles. The third-order valence-electron chi connectivity index (χ3n) is 5.10. The van der Waals surface area contributed by atoms with Crippen molar-refractivity contribution >= 4 is 0 Å². The topological polar surface area (TPSA) is 0 Å². The zero-order chi connectivity index (χ0) is 8.18. The molecule has 0 heterocycles. The highest BCUT2D eigenvalue weighted by molar-refractivity contribution is 5.12. The van der Waals surface area contributed by atoms with E-state index in [-0.39, 0.29) is 0 Å². The third-order valence-corrected chi connectivity index (χ3v) is 5.10. The molecule has 0 aliphatic heterocycles. The molecule has 0 amide bonds. The second-order valence-corrected chi connectivity index (χ2v) is 5.47. The van der Waals surface area contributed by atoms with Crippen LogP contribution in [-0.2, 0) is 0 Å². The summed E-state index contributed by atoms with van der Waals surface area (Å²) in [5, 5.41) is 0. The molecule has 68 valence electrons. The van der Waals surface area contributed by atoms with Gasteiger partial charge in [0.25, 0.3) is 0 Å². The average Bonchev–Trinajstić information content (AvgIpc) is 2.53. The van der Waals surface area contributed by atoms with E-state index in [1.807, 2.05) is 0 Å². The molecule has 2 atom stereocenters. The highest BCUT2D eigenvalue weighted by Gasteiger charge is 2.62. The summed E-state index contributed by atoms with van der Waals surface area (Å²) in [6.45, 7) is 2.36. The van der Waals surface area contributed by atoms with Gasteiger partial charge in [-0.1, -0.05) is 19.8 Å². The Morgan fingerprint density at radius 3 is 2.58 bits per heavy atom. The van der Waals surface area contributed by atoms with E-state index in [2.05, 4.69) is 6.92 Å². The minimum Gasteiger partial charge on any atom is -0.0651 e. The summed E-state index contributed by atoms with van der Waals surface area (Å²) in [6, 6.07) is 0. The zero-order valence-electron chi connectivity index (χ0n) is 8.18. The average molecular weight is 164 g/mol. The van der Waals surface area contributed by atoms with Gasteiger partial charge in [0.15, 0.2) is 0 Å². The van der Waals surface area contributed by atoms with Crippen molar-refractivity contribution in [2.75, 3.05) is 0 Å². The van der Waals surface area contributed by atoms with E-state index < -0.39 is 0 Å². The smallest absolute Gasteiger partial charge is 0.0238 e. The largest absolute Gasteiger partial charge is 0.0651 e. The van der Waals surface area contributed by atoms with Crippen LogP contribution in [0.3, 0.4) is 0 Å². The summed E-state index contributed by atoms with van der Waals surface area (Å²) in [5.74, 6) is 3.49. The summed E-state index contributed by atoms with van der Waals surface area (Å²) < 4.78 is 0. The molecule has 0 bridgehead atoms. The molecule has 2 unspecified atom stereocenters. The molecular weight excluding hydrogens is 144 g/mol. The summed E-state index contributed by atoms with van der Waals surface area (Å²) in [6.07, 6.45) is 11.0. The SMILES string of the molecule is CCC1CC(C23CCCC2C3)C1. The summed E-state index contributed by atoms with van der Waals surface area (Å²) in [5.41, 5.74) is 0.936. The summed E-state index contributed by atoms with van der Waals surface area (Å²) >= 11 is 0. The van der Waals surface area contributed by atoms with Crippen molar-refractivity contribution in [2.45, 2.75) is 51.9 Å². The molecule has 0 nitrogen and oxygen atoms in total. The Bertz CT molecular complexity index is 190. The van der Waals surface area contributed by atoms with Gasteiger partial charge in [-0.2, -0.15) is 0 Å². The van der Waals surface area contributed by atoms with Gasteiger partial charge in [0.2, 0.25) is 0 Å². The van der Waals surface area contributed by atoms with Gasteiger partial charge in [-0.15, -0.1) is 0 Å². The fourth-order valence-electron chi connectivity index (χ4n) is 4.02. The quantitative estimate of drug-likeness (QED) is 0.585. The molecule has 0 saturated heterocycles. The van der Waals surface area contributed by atoms with Crippen molar-refractivity contribution < 1.29 is 0 Å². The Morgan fingerprint density at radius 1 is 1.25 bits per heavy atom. The zero-order valence-corrected chi connectivity index (χ0v) is 8.18. The van der Waals surface area contributed by atoms with Crippen LogP contribution >= 0.6 is 0 Å². The van der Waals surface area contributed by atoms with E-state index in [0.717, 1.165) is 11.3 Å². The molecule has 0 heteroatoms. The van der Waals surface area contributed by atoms with Crippen LogP contribution in [-0.4, -0.2) is 0 Å². The van der Waals surface area contributed by atoms with Crippen LogP contribution in [0.2, 0.25) is 0 Å². The van der Waals surface area contributed by atoms with Crippen LogP contribution in [0.25, 0.3) is 0 Å². The van der Waals surface area contributed by atoms with Crippen LogP contribution in [0.4, 0.5) is 0 Å².